The number of halogens is 4. The Bertz CT molecular complexity index is 404. The van der Waals surface area contributed by atoms with E-state index in [0.717, 1.165) is 12.1 Å². The molecule has 1 aromatic rings. The van der Waals surface area contributed by atoms with Crippen LogP contribution in [0.25, 0.3) is 0 Å². The molecule has 2 nitrogen and oxygen atoms in total. The highest BCUT2D eigenvalue weighted by Gasteiger charge is 2.31. The van der Waals surface area contributed by atoms with Crippen molar-refractivity contribution in [3.8, 4) is 0 Å². The first-order valence-electron chi connectivity index (χ1n) is 5.51. The minimum Gasteiger partial charge on any atom is -0.393 e. The van der Waals surface area contributed by atoms with Gasteiger partial charge in [-0.1, -0.05) is 0 Å². The number of hydrogen-bond donors (Lipinski definition) is 2. The van der Waals surface area contributed by atoms with Crippen LogP contribution in [0.2, 0.25) is 0 Å². The van der Waals surface area contributed by atoms with Gasteiger partial charge in [-0.05, 0) is 38.5 Å². The van der Waals surface area contributed by atoms with E-state index in [2.05, 4.69) is 5.32 Å². The summed E-state index contributed by atoms with van der Waals surface area (Å²) in [6.07, 6.45) is -4.74. The van der Waals surface area contributed by atoms with Crippen LogP contribution in [-0.4, -0.2) is 17.3 Å². The molecule has 2 atom stereocenters. The first kappa shape index (κ1) is 14.8. The minimum absolute atomic E-state index is 0.00356. The van der Waals surface area contributed by atoms with E-state index in [1.54, 1.807) is 13.8 Å². The van der Waals surface area contributed by atoms with Gasteiger partial charge in [-0.25, -0.2) is 4.39 Å². The van der Waals surface area contributed by atoms with Gasteiger partial charge in [0.2, 0.25) is 0 Å². The van der Waals surface area contributed by atoms with Crippen molar-refractivity contribution in [2.24, 2.45) is 0 Å². The van der Waals surface area contributed by atoms with Gasteiger partial charge in [-0.2, -0.15) is 13.2 Å². The van der Waals surface area contributed by atoms with Crippen LogP contribution in [0, 0.1) is 5.82 Å². The van der Waals surface area contributed by atoms with Gasteiger partial charge in [0, 0.05) is 6.04 Å². The van der Waals surface area contributed by atoms with Gasteiger partial charge in [-0.3, -0.25) is 0 Å². The minimum atomic E-state index is -4.55. The van der Waals surface area contributed by atoms with Crippen LogP contribution < -0.4 is 5.32 Å². The summed E-state index contributed by atoms with van der Waals surface area (Å²) in [4.78, 5) is 0. The lowest BCUT2D eigenvalue weighted by atomic mass is 10.1. The smallest absolute Gasteiger partial charge is 0.393 e. The summed E-state index contributed by atoms with van der Waals surface area (Å²) < 4.78 is 50.4. The third-order valence-electron chi connectivity index (χ3n) is 2.39. The Balaban J connectivity index is 2.80. The molecule has 0 aromatic heterocycles. The molecule has 0 spiro atoms. The second-order valence-electron chi connectivity index (χ2n) is 4.32. The lowest BCUT2D eigenvalue weighted by molar-refractivity contribution is -0.137. The van der Waals surface area contributed by atoms with Gasteiger partial charge in [0.15, 0.2) is 0 Å². The Labute approximate surface area is 103 Å². The lowest BCUT2D eigenvalue weighted by Gasteiger charge is -2.18. The monoisotopic (exact) mass is 265 g/mol. The molecule has 0 bridgehead atoms. The SMILES string of the molecule is CC(O)CC(C)Nc1ccc(C(F)(F)F)cc1F. The molecule has 0 aliphatic heterocycles. The first-order chi connectivity index (χ1) is 8.20. The van der Waals surface area contributed by atoms with Gasteiger partial charge in [0.05, 0.1) is 17.4 Å². The van der Waals surface area contributed by atoms with Gasteiger partial charge < -0.3 is 10.4 Å². The summed E-state index contributed by atoms with van der Waals surface area (Å²) >= 11 is 0. The molecule has 2 unspecified atom stereocenters. The van der Waals surface area contributed by atoms with Crippen LogP contribution >= 0.6 is 0 Å². The average Bonchev–Trinajstić information content (AvgIpc) is 2.18. The predicted molar refractivity (Wildman–Crippen MR) is 60.8 cm³/mol. The van der Waals surface area contributed by atoms with Crippen LogP contribution in [0.3, 0.4) is 0 Å². The van der Waals surface area contributed by atoms with Gasteiger partial charge in [0.1, 0.15) is 5.82 Å². The van der Waals surface area contributed by atoms with Crippen molar-refractivity contribution >= 4 is 5.69 Å². The molecule has 0 heterocycles. The molecule has 0 amide bonds. The number of aliphatic hydroxyl groups excluding tert-OH is 1. The van der Waals surface area contributed by atoms with Crippen molar-refractivity contribution in [3.63, 3.8) is 0 Å². The molecule has 0 saturated heterocycles. The highest BCUT2D eigenvalue weighted by molar-refractivity contribution is 5.47. The van der Waals surface area contributed by atoms with Crippen molar-refractivity contribution < 1.29 is 22.7 Å². The Morgan fingerprint density at radius 3 is 2.33 bits per heavy atom. The summed E-state index contributed by atoms with van der Waals surface area (Å²) in [5, 5.41) is 11.9. The number of hydrogen-bond acceptors (Lipinski definition) is 2. The predicted octanol–water partition coefficient (Wildman–Crippen LogP) is 3.42. The maximum absolute atomic E-state index is 13.5. The first-order valence-corrected chi connectivity index (χ1v) is 5.51. The van der Waals surface area contributed by atoms with E-state index in [9.17, 15) is 17.6 Å². The molecule has 0 radical (unpaired) electrons. The summed E-state index contributed by atoms with van der Waals surface area (Å²) in [6, 6.07) is 2.09. The molecule has 0 aliphatic rings. The average molecular weight is 265 g/mol. The van der Waals surface area contributed by atoms with Gasteiger partial charge in [0.25, 0.3) is 0 Å². The van der Waals surface area contributed by atoms with E-state index in [4.69, 9.17) is 5.11 Å². The largest absolute Gasteiger partial charge is 0.416 e. The fraction of sp³-hybridized carbons (Fsp3) is 0.500. The van der Waals surface area contributed by atoms with Crippen LogP contribution in [-0.2, 0) is 6.18 Å². The van der Waals surface area contributed by atoms with Crippen molar-refractivity contribution in [1.82, 2.24) is 0 Å². The molecule has 18 heavy (non-hydrogen) atoms. The van der Waals surface area contributed by atoms with E-state index in [1.165, 1.54) is 0 Å². The summed E-state index contributed by atoms with van der Waals surface area (Å²) in [5.74, 6) is -0.956. The number of anilines is 1. The third kappa shape index (κ3) is 4.18. The quantitative estimate of drug-likeness (QED) is 0.818. The van der Waals surface area contributed by atoms with Gasteiger partial charge >= 0.3 is 6.18 Å². The van der Waals surface area contributed by atoms with E-state index in [1.807, 2.05) is 0 Å². The summed E-state index contributed by atoms with van der Waals surface area (Å²) in [6.45, 7) is 3.30. The lowest BCUT2D eigenvalue weighted by Crippen LogP contribution is -2.21. The summed E-state index contributed by atoms with van der Waals surface area (Å²) in [5.41, 5.74) is -1.02. The molecule has 1 aromatic carbocycles. The molecule has 0 aliphatic carbocycles. The zero-order valence-corrected chi connectivity index (χ0v) is 10.1. The van der Waals surface area contributed by atoms with Crippen molar-refractivity contribution in [1.29, 1.82) is 0 Å². The van der Waals surface area contributed by atoms with Crippen molar-refractivity contribution in [3.05, 3.63) is 29.6 Å². The normalized spacial score (nSPS) is 15.3. The molecule has 0 saturated carbocycles. The van der Waals surface area contributed by atoms with Crippen molar-refractivity contribution in [2.75, 3.05) is 5.32 Å². The highest BCUT2D eigenvalue weighted by atomic mass is 19.4. The zero-order valence-electron chi connectivity index (χ0n) is 10.1. The number of alkyl halides is 3. The third-order valence-corrected chi connectivity index (χ3v) is 2.39. The fourth-order valence-electron chi connectivity index (χ4n) is 1.64. The van der Waals surface area contributed by atoms with Crippen LogP contribution in [0.4, 0.5) is 23.2 Å². The second-order valence-corrected chi connectivity index (χ2v) is 4.32. The molecule has 1 rings (SSSR count). The molecule has 102 valence electrons. The van der Waals surface area contributed by atoms with Crippen LogP contribution in [0.15, 0.2) is 18.2 Å². The molecule has 0 fully saturated rings. The fourth-order valence-corrected chi connectivity index (χ4v) is 1.64. The molecule has 2 N–H and O–H groups in total. The second kappa shape index (κ2) is 5.56. The Morgan fingerprint density at radius 1 is 1.28 bits per heavy atom. The maximum Gasteiger partial charge on any atom is 0.416 e. The maximum atomic E-state index is 13.5. The number of benzene rings is 1. The molecular weight excluding hydrogens is 250 g/mol. The summed E-state index contributed by atoms with van der Waals surface area (Å²) in [7, 11) is 0. The Kier molecular flexibility index (Phi) is 4.56. The van der Waals surface area contributed by atoms with Gasteiger partial charge in [-0.15, -0.1) is 0 Å². The number of nitrogens with one attached hydrogen (secondary N) is 1. The zero-order chi connectivity index (χ0) is 13.9. The standard InChI is InChI=1S/C12H15F4NO/c1-7(5-8(2)18)17-11-4-3-9(6-10(11)13)12(14,15)16/h3-4,6-8,17-18H,5H2,1-2H3. The number of aliphatic hydroxyl groups is 1. The van der Waals surface area contributed by atoms with Crippen molar-refractivity contribution in [2.45, 2.75) is 38.6 Å². The highest BCUT2D eigenvalue weighted by Crippen LogP contribution is 2.31. The molecule has 6 heteroatoms. The van der Waals surface area contributed by atoms with E-state index >= 15 is 0 Å². The molecular formula is C12H15F4NO. The van der Waals surface area contributed by atoms with E-state index < -0.39 is 23.7 Å². The van der Waals surface area contributed by atoms with E-state index in [-0.39, 0.29) is 11.7 Å². The topological polar surface area (TPSA) is 32.3 Å². The van der Waals surface area contributed by atoms with Crippen LogP contribution in [0.5, 0.6) is 0 Å². The van der Waals surface area contributed by atoms with Crippen LogP contribution in [0.1, 0.15) is 25.8 Å². The van der Waals surface area contributed by atoms with E-state index in [0.29, 0.717) is 12.5 Å². The Hall–Kier alpha value is -1.30. The Morgan fingerprint density at radius 2 is 1.89 bits per heavy atom. The number of rotatable bonds is 4.